The molecule has 26 heavy (non-hydrogen) atoms. The first-order chi connectivity index (χ1) is 11.9. The van der Waals surface area contributed by atoms with Gasteiger partial charge < -0.3 is 16.0 Å². The average molecular weight is 402 g/mol. The van der Waals surface area contributed by atoms with Gasteiger partial charge in [0, 0.05) is 23.7 Å². The molecule has 0 spiro atoms. The van der Waals surface area contributed by atoms with E-state index in [0.29, 0.717) is 48.5 Å². The summed E-state index contributed by atoms with van der Waals surface area (Å²) in [6, 6.07) is 6.18. The Hall–Kier alpha value is -1.30. The maximum atomic E-state index is 12.9. The van der Waals surface area contributed by atoms with Gasteiger partial charge in [0.2, 0.25) is 5.91 Å². The highest BCUT2D eigenvalue weighted by atomic mass is 35.5. The number of rotatable bonds is 6. The van der Waals surface area contributed by atoms with Crippen molar-refractivity contribution in [2.75, 3.05) is 19.6 Å². The van der Waals surface area contributed by atoms with Crippen LogP contribution in [0.4, 0.5) is 0 Å². The summed E-state index contributed by atoms with van der Waals surface area (Å²) in [4.78, 5) is 27.3. The Labute approximate surface area is 167 Å². The Morgan fingerprint density at radius 1 is 1.23 bits per heavy atom. The van der Waals surface area contributed by atoms with E-state index in [1.165, 1.54) is 0 Å². The van der Waals surface area contributed by atoms with Crippen LogP contribution in [0, 0.1) is 11.8 Å². The van der Waals surface area contributed by atoms with Gasteiger partial charge in [-0.25, -0.2) is 0 Å². The molecule has 0 radical (unpaired) electrons. The fourth-order valence-corrected chi connectivity index (χ4v) is 3.27. The predicted molar refractivity (Wildman–Crippen MR) is 108 cm³/mol. The van der Waals surface area contributed by atoms with Gasteiger partial charge in [0.15, 0.2) is 0 Å². The molecule has 0 aliphatic carbocycles. The van der Waals surface area contributed by atoms with E-state index in [0.717, 1.165) is 12.8 Å². The van der Waals surface area contributed by atoms with Crippen LogP contribution in [0.15, 0.2) is 24.3 Å². The number of likely N-dealkylation sites (tertiary alicyclic amines) is 1. The van der Waals surface area contributed by atoms with Crippen molar-refractivity contribution < 1.29 is 9.59 Å². The lowest BCUT2D eigenvalue weighted by molar-refractivity contribution is -0.135. The van der Waals surface area contributed by atoms with Crippen molar-refractivity contribution in [3.63, 3.8) is 0 Å². The molecule has 7 heteroatoms. The number of nitrogens with one attached hydrogen (secondary N) is 1. The summed E-state index contributed by atoms with van der Waals surface area (Å²) in [6.45, 7) is 6.20. The van der Waals surface area contributed by atoms with E-state index in [9.17, 15) is 9.59 Å². The molecule has 2 amide bonds. The van der Waals surface area contributed by atoms with E-state index in [2.05, 4.69) is 19.2 Å². The van der Waals surface area contributed by atoms with Gasteiger partial charge >= 0.3 is 0 Å². The van der Waals surface area contributed by atoms with Gasteiger partial charge in [0.1, 0.15) is 6.04 Å². The number of hydrogen-bond donors (Lipinski definition) is 2. The van der Waals surface area contributed by atoms with Crippen LogP contribution in [0.25, 0.3) is 0 Å². The second kappa shape index (κ2) is 10.8. The van der Waals surface area contributed by atoms with Crippen LogP contribution in [-0.2, 0) is 4.79 Å². The minimum absolute atomic E-state index is 0. The highest BCUT2D eigenvalue weighted by Crippen LogP contribution is 2.18. The molecule has 0 saturated carbocycles. The highest BCUT2D eigenvalue weighted by molar-refractivity contribution is 6.30. The zero-order valence-corrected chi connectivity index (χ0v) is 17.0. The van der Waals surface area contributed by atoms with E-state index < -0.39 is 6.04 Å². The Kier molecular flexibility index (Phi) is 9.41. The van der Waals surface area contributed by atoms with Crippen LogP contribution in [0.1, 0.15) is 43.5 Å². The molecule has 1 aromatic carbocycles. The van der Waals surface area contributed by atoms with Gasteiger partial charge in [-0.15, -0.1) is 12.4 Å². The van der Waals surface area contributed by atoms with Crippen molar-refractivity contribution in [1.82, 2.24) is 10.2 Å². The number of carbonyl (C=O) groups is 2. The number of nitrogens with zero attached hydrogens (tertiary/aromatic N) is 1. The first-order valence-electron chi connectivity index (χ1n) is 8.96. The molecular formula is C19H29Cl2N3O2. The molecule has 0 aromatic heterocycles. The lowest BCUT2D eigenvalue weighted by atomic mass is 9.95. The van der Waals surface area contributed by atoms with Crippen molar-refractivity contribution >= 4 is 35.8 Å². The van der Waals surface area contributed by atoms with Gasteiger partial charge in [-0.1, -0.05) is 25.4 Å². The van der Waals surface area contributed by atoms with Crippen molar-refractivity contribution in [3.8, 4) is 0 Å². The molecule has 1 unspecified atom stereocenters. The monoisotopic (exact) mass is 401 g/mol. The maximum Gasteiger partial charge on any atom is 0.251 e. The minimum atomic E-state index is -0.502. The van der Waals surface area contributed by atoms with Crippen molar-refractivity contribution in [3.05, 3.63) is 34.9 Å². The number of amides is 2. The second-order valence-corrected chi connectivity index (χ2v) is 7.60. The van der Waals surface area contributed by atoms with E-state index >= 15 is 0 Å². The quantitative estimate of drug-likeness (QED) is 0.768. The van der Waals surface area contributed by atoms with Gasteiger partial charge in [-0.05, 0) is 61.9 Å². The van der Waals surface area contributed by atoms with Crippen molar-refractivity contribution in [1.29, 1.82) is 0 Å². The first-order valence-corrected chi connectivity index (χ1v) is 9.33. The lowest BCUT2D eigenvalue weighted by Gasteiger charge is -2.34. The van der Waals surface area contributed by atoms with E-state index in [-0.39, 0.29) is 24.2 Å². The molecule has 2 rings (SSSR count). The van der Waals surface area contributed by atoms with Crippen LogP contribution >= 0.6 is 24.0 Å². The molecule has 1 saturated heterocycles. The molecular weight excluding hydrogens is 373 g/mol. The van der Waals surface area contributed by atoms with Crippen LogP contribution in [-0.4, -0.2) is 42.4 Å². The highest BCUT2D eigenvalue weighted by Gasteiger charge is 2.29. The summed E-state index contributed by atoms with van der Waals surface area (Å²) >= 11 is 5.87. The third kappa shape index (κ3) is 6.45. The Morgan fingerprint density at radius 3 is 2.31 bits per heavy atom. The molecule has 1 aromatic rings. The molecule has 1 atom stereocenters. The predicted octanol–water partition coefficient (Wildman–Crippen LogP) is 3.10. The molecule has 146 valence electrons. The normalized spacial score (nSPS) is 16.1. The van der Waals surface area contributed by atoms with Crippen LogP contribution < -0.4 is 11.1 Å². The minimum Gasteiger partial charge on any atom is -0.341 e. The Bertz CT molecular complexity index is 585. The summed E-state index contributed by atoms with van der Waals surface area (Å²) in [6.07, 6.45) is 2.48. The van der Waals surface area contributed by atoms with Crippen LogP contribution in [0.3, 0.4) is 0 Å². The summed E-state index contributed by atoms with van der Waals surface area (Å²) in [7, 11) is 0. The zero-order valence-electron chi connectivity index (χ0n) is 15.4. The van der Waals surface area contributed by atoms with Crippen LogP contribution in [0.2, 0.25) is 5.02 Å². The Balaban J connectivity index is 0.00000338. The number of hydrogen-bond acceptors (Lipinski definition) is 3. The Morgan fingerprint density at radius 2 is 1.81 bits per heavy atom. The number of nitrogens with two attached hydrogens (primary N) is 1. The number of carbonyl (C=O) groups excluding carboxylic acids is 2. The molecule has 1 heterocycles. The molecule has 1 aliphatic heterocycles. The average Bonchev–Trinajstić information content (AvgIpc) is 2.60. The van der Waals surface area contributed by atoms with Gasteiger partial charge in [-0.2, -0.15) is 0 Å². The number of halogens is 2. The van der Waals surface area contributed by atoms with Crippen molar-refractivity contribution in [2.45, 2.75) is 39.2 Å². The fraction of sp³-hybridized carbons (Fsp3) is 0.579. The third-order valence-corrected chi connectivity index (χ3v) is 4.93. The summed E-state index contributed by atoms with van der Waals surface area (Å²) in [5.41, 5.74) is 6.23. The molecule has 0 bridgehead atoms. The maximum absolute atomic E-state index is 12.9. The second-order valence-electron chi connectivity index (χ2n) is 7.17. The molecule has 1 fully saturated rings. The van der Waals surface area contributed by atoms with E-state index in [1.807, 2.05) is 4.90 Å². The molecule has 3 N–H and O–H groups in total. The van der Waals surface area contributed by atoms with Gasteiger partial charge in [0.05, 0.1) is 0 Å². The largest absolute Gasteiger partial charge is 0.341 e. The smallest absolute Gasteiger partial charge is 0.251 e. The first kappa shape index (κ1) is 22.7. The van der Waals surface area contributed by atoms with Crippen LogP contribution in [0.5, 0.6) is 0 Å². The van der Waals surface area contributed by atoms with E-state index in [4.69, 9.17) is 17.3 Å². The van der Waals surface area contributed by atoms with Gasteiger partial charge in [-0.3, -0.25) is 9.59 Å². The van der Waals surface area contributed by atoms with E-state index in [1.54, 1.807) is 24.3 Å². The fourth-order valence-electron chi connectivity index (χ4n) is 3.15. The lowest BCUT2D eigenvalue weighted by Crippen LogP contribution is -2.51. The standard InChI is InChI=1S/C19H28ClN3O2.ClH/c1-13(2)11-17(19(25)23-9-7-14(12-21)8-10-23)22-18(24)15-3-5-16(20)6-4-15;/h3-6,13-14,17H,7-12,21H2,1-2H3,(H,22,24);1H. The van der Waals surface area contributed by atoms with Crippen molar-refractivity contribution in [2.24, 2.45) is 17.6 Å². The number of benzene rings is 1. The molecule has 5 nitrogen and oxygen atoms in total. The van der Waals surface area contributed by atoms with Gasteiger partial charge in [0.25, 0.3) is 5.91 Å². The zero-order chi connectivity index (χ0) is 18.4. The summed E-state index contributed by atoms with van der Waals surface area (Å²) in [5, 5.41) is 3.49. The summed E-state index contributed by atoms with van der Waals surface area (Å²) < 4.78 is 0. The third-order valence-electron chi connectivity index (χ3n) is 4.68. The summed E-state index contributed by atoms with van der Waals surface area (Å²) in [5.74, 6) is 0.566. The number of piperidine rings is 1. The SMILES string of the molecule is CC(C)CC(NC(=O)c1ccc(Cl)cc1)C(=O)N1CCC(CN)CC1.Cl. The molecule has 1 aliphatic rings. The topological polar surface area (TPSA) is 75.4 Å².